The van der Waals surface area contributed by atoms with Crippen molar-refractivity contribution in [2.75, 3.05) is 0 Å². The van der Waals surface area contributed by atoms with Crippen LogP contribution in [-0.2, 0) is 4.79 Å². The van der Waals surface area contributed by atoms with Crippen LogP contribution in [0, 0.1) is 11.8 Å². The molecule has 0 aromatic carbocycles. The lowest BCUT2D eigenvalue weighted by molar-refractivity contribution is -0.137. The molecule has 0 saturated heterocycles. The minimum atomic E-state index is -0.787. The number of allylic oxidation sites excluding steroid dienone is 2. The molecule has 0 aliphatic heterocycles. The molecule has 0 aromatic heterocycles. The molecule has 5 nitrogen and oxygen atoms in total. The molecule has 0 amide bonds. The molecule has 144 valence electrons. The van der Waals surface area contributed by atoms with Gasteiger partial charge >= 0.3 is 5.97 Å². The summed E-state index contributed by atoms with van der Waals surface area (Å²) in [5.74, 6) is -1.00. The van der Waals surface area contributed by atoms with Gasteiger partial charge in [0.25, 0.3) is 0 Å². The highest BCUT2D eigenvalue weighted by molar-refractivity contribution is 5.66. The van der Waals surface area contributed by atoms with Crippen molar-refractivity contribution in [1.29, 1.82) is 0 Å². The number of aliphatic hydroxyl groups excluding tert-OH is 3. The Morgan fingerprint density at radius 3 is 2.60 bits per heavy atom. The summed E-state index contributed by atoms with van der Waals surface area (Å²) in [7, 11) is 0. The summed E-state index contributed by atoms with van der Waals surface area (Å²) in [5.41, 5.74) is 0. The number of rotatable bonds is 12. The Bertz CT molecular complexity index is 432. The number of unbranched alkanes of at least 4 members (excludes halogenated alkanes) is 3. The van der Waals surface area contributed by atoms with Crippen LogP contribution >= 0.6 is 0 Å². The van der Waals surface area contributed by atoms with Gasteiger partial charge in [0.15, 0.2) is 0 Å². The molecule has 1 fully saturated rings. The first-order valence-corrected chi connectivity index (χ1v) is 9.55. The number of aliphatic hydroxyl groups is 3. The highest BCUT2D eigenvalue weighted by Gasteiger charge is 2.39. The van der Waals surface area contributed by atoms with Crippen LogP contribution in [0.5, 0.6) is 0 Å². The van der Waals surface area contributed by atoms with E-state index in [1.54, 1.807) is 6.08 Å². The Morgan fingerprint density at radius 1 is 1.16 bits per heavy atom. The molecule has 1 saturated carbocycles. The fourth-order valence-electron chi connectivity index (χ4n) is 3.41. The molecule has 4 N–H and O–H groups in total. The van der Waals surface area contributed by atoms with Crippen LogP contribution in [0.4, 0.5) is 0 Å². The highest BCUT2D eigenvalue weighted by atomic mass is 16.4. The predicted octanol–water partition coefficient (Wildman–Crippen LogP) is 3.04. The monoisotopic (exact) mass is 354 g/mol. The lowest BCUT2D eigenvalue weighted by atomic mass is 9.89. The van der Waals surface area contributed by atoms with Crippen LogP contribution in [0.3, 0.4) is 0 Å². The van der Waals surface area contributed by atoms with Crippen LogP contribution in [-0.4, -0.2) is 44.7 Å². The average molecular weight is 354 g/mol. The van der Waals surface area contributed by atoms with Gasteiger partial charge in [-0.05, 0) is 31.6 Å². The van der Waals surface area contributed by atoms with E-state index in [0.717, 1.165) is 25.7 Å². The Balaban J connectivity index is 2.46. The SMILES string of the molecule is CCCCC[C@H](O)/C=C/[C@@H]1[C@H](CC=CCCCC(=O)O)[C@@H](O)C[C@H]1O. The fourth-order valence-corrected chi connectivity index (χ4v) is 3.41. The summed E-state index contributed by atoms with van der Waals surface area (Å²) < 4.78 is 0. The maximum Gasteiger partial charge on any atom is 0.303 e. The summed E-state index contributed by atoms with van der Waals surface area (Å²) in [4.78, 5) is 10.5. The van der Waals surface area contributed by atoms with Gasteiger partial charge in [0.2, 0.25) is 0 Å². The van der Waals surface area contributed by atoms with E-state index in [4.69, 9.17) is 5.11 Å². The van der Waals surface area contributed by atoms with E-state index in [9.17, 15) is 20.1 Å². The van der Waals surface area contributed by atoms with E-state index in [1.807, 2.05) is 18.2 Å². The second-order valence-electron chi connectivity index (χ2n) is 7.05. The normalized spacial score (nSPS) is 28.2. The number of aliphatic carboxylic acids is 1. The molecule has 0 aromatic rings. The molecule has 25 heavy (non-hydrogen) atoms. The topological polar surface area (TPSA) is 98.0 Å². The summed E-state index contributed by atoms with van der Waals surface area (Å²) in [6.45, 7) is 2.12. The number of carboxylic acid groups (broad SMARTS) is 1. The van der Waals surface area contributed by atoms with Crippen molar-refractivity contribution in [2.45, 2.75) is 83.0 Å². The standard InChI is InChI=1S/C20H34O5/c1-2-3-6-9-15(21)12-13-17-16(18(22)14-19(17)23)10-7-4-5-8-11-20(24)25/h4,7,12-13,15-19,21-23H,2-3,5-6,8-11,14H2,1H3,(H,24,25)/b7-4?,13-12+/t15-,16-,17+,18-,19+/m0/s1. The molecule has 1 rings (SSSR count). The minimum Gasteiger partial charge on any atom is -0.481 e. The zero-order chi connectivity index (χ0) is 18.7. The smallest absolute Gasteiger partial charge is 0.303 e. The van der Waals surface area contributed by atoms with E-state index in [1.165, 1.54) is 0 Å². The van der Waals surface area contributed by atoms with Crippen LogP contribution in [0.2, 0.25) is 0 Å². The third-order valence-corrected chi connectivity index (χ3v) is 4.91. The van der Waals surface area contributed by atoms with Gasteiger partial charge in [0.1, 0.15) is 0 Å². The summed E-state index contributed by atoms with van der Waals surface area (Å²) in [6.07, 6.45) is 12.3. The first kappa shape index (κ1) is 21.9. The van der Waals surface area contributed by atoms with Gasteiger partial charge in [0.05, 0.1) is 18.3 Å². The number of carboxylic acids is 1. The zero-order valence-corrected chi connectivity index (χ0v) is 15.3. The minimum absolute atomic E-state index is 0.0650. The van der Waals surface area contributed by atoms with Gasteiger partial charge in [0, 0.05) is 18.8 Å². The van der Waals surface area contributed by atoms with Gasteiger partial charge in [-0.15, -0.1) is 0 Å². The van der Waals surface area contributed by atoms with Gasteiger partial charge < -0.3 is 20.4 Å². The Labute approximate surface area is 151 Å². The summed E-state index contributed by atoms with van der Waals surface area (Å²) in [5, 5.41) is 39.0. The van der Waals surface area contributed by atoms with Crippen molar-refractivity contribution in [1.82, 2.24) is 0 Å². The Hall–Kier alpha value is -1.17. The first-order chi connectivity index (χ1) is 12.0. The van der Waals surface area contributed by atoms with Gasteiger partial charge in [-0.3, -0.25) is 4.79 Å². The first-order valence-electron chi connectivity index (χ1n) is 9.55. The molecule has 0 radical (unpaired) electrons. The number of hydrogen-bond acceptors (Lipinski definition) is 4. The Morgan fingerprint density at radius 2 is 1.92 bits per heavy atom. The quantitative estimate of drug-likeness (QED) is 0.319. The van der Waals surface area contributed by atoms with Crippen LogP contribution in [0.15, 0.2) is 24.3 Å². The second-order valence-corrected chi connectivity index (χ2v) is 7.05. The summed E-state index contributed by atoms with van der Waals surface area (Å²) >= 11 is 0. The van der Waals surface area contributed by atoms with E-state index < -0.39 is 24.3 Å². The van der Waals surface area contributed by atoms with Gasteiger partial charge in [-0.25, -0.2) is 0 Å². The molecule has 0 spiro atoms. The third-order valence-electron chi connectivity index (χ3n) is 4.91. The van der Waals surface area contributed by atoms with Crippen molar-refractivity contribution in [2.24, 2.45) is 11.8 Å². The van der Waals surface area contributed by atoms with E-state index in [2.05, 4.69) is 6.92 Å². The van der Waals surface area contributed by atoms with Crippen LogP contribution in [0.25, 0.3) is 0 Å². The van der Waals surface area contributed by atoms with E-state index >= 15 is 0 Å². The van der Waals surface area contributed by atoms with Crippen molar-refractivity contribution in [3.8, 4) is 0 Å². The third kappa shape index (κ3) is 8.66. The molecule has 0 unspecified atom stereocenters. The summed E-state index contributed by atoms with van der Waals surface area (Å²) in [6, 6.07) is 0. The fraction of sp³-hybridized carbons (Fsp3) is 0.750. The maximum absolute atomic E-state index is 10.5. The lowest BCUT2D eigenvalue weighted by Gasteiger charge is -2.19. The zero-order valence-electron chi connectivity index (χ0n) is 15.3. The van der Waals surface area contributed by atoms with Crippen LogP contribution in [0.1, 0.15) is 64.7 Å². The molecule has 1 aliphatic rings. The Kier molecular flexibility index (Phi) is 10.7. The van der Waals surface area contributed by atoms with Crippen molar-refractivity contribution in [3.63, 3.8) is 0 Å². The molecular formula is C20H34O5. The van der Waals surface area contributed by atoms with Crippen molar-refractivity contribution in [3.05, 3.63) is 24.3 Å². The molecule has 0 bridgehead atoms. The predicted molar refractivity (Wildman–Crippen MR) is 98.1 cm³/mol. The maximum atomic E-state index is 10.5. The molecule has 5 heteroatoms. The molecule has 5 atom stereocenters. The van der Waals surface area contributed by atoms with E-state index in [0.29, 0.717) is 25.7 Å². The lowest BCUT2D eigenvalue weighted by Crippen LogP contribution is -2.20. The molecule has 0 heterocycles. The largest absolute Gasteiger partial charge is 0.481 e. The second kappa shape index (κ2) is 12.2. The molecule has 1 aliphatic carbocycles. The van der Waals surface area contributed by atoms with Crippen molar-refractivity contribution < 1.29 is 25.2 Å². The number of carbonyl (C=O) groups is 1. The number of hydrogen-bond donors (Lipinski definition) is 4. The van der Waals surface area contributed by atoms with Gasteiger partial charge in [-0.1, -0.05) is 50.5 Å². The van der Waals surface area contributed by atoms with E-state index in [-0.39, 0.29) is 18.3 Å². The van der Waals surface area contributed by atoms with Gasteiger partial charge in [-0.2, -0.15) is 0 Å². The van der Waals surface area contributed by atoms with Crippen molar-refractivity contribution >= 4 is 5.97 Å². The average Bonchev–Trinajstić information content (AvgIpc) is 2.82. The van der Waals surface area contributed by atoms with Crippen LogP contribution < -0.4 is 0 Å². The molecular weight excluding hydrogens is 320 g/mol. The highest BCUT2D eigenvalue weighted by Crippen LogP contribution is 2.36.